The number of hydrogen-bond donors (Lipinski definition) is 0. The van der Waals surface area contributed by atoms with Crippen molar-refractivity contribution in [3.8, 4) is 11.4 Å². The van der Waals surface area contributed by atoms with Crippen LogP contribution in [0.5, 0.6) is 0 Å². The molecule has 0 bridgehead atoms. The van der Waals surface area contributed by atoms with Gasteiger partial charge in [-0.25, -0.2) is 0 Å². The second-order valence-corrected chi connectivity index (χ2v) is 7.89. The third kappa shape index (κ3) is 4.96. The van der Waals surface area contributed by atoms with Crippen LogP contribution in [0.4, 0.5) is 0 Å². The summed E-state index contributed by atoms with van der Waals surface area (Å²) >= 11 is 1.77. The topological polar surface area (TPSA) is 59.2 Å². The maximum Gasteiger partial charge on any atom is 0.254 e. The van der Waals surface area contributed by atoms with E-state index in [-0.39, 0.29) is 12.5 Å². The summed E-state index contributed by atoms with van der Waals surface area (Å²) in [5.74, 6) is 1.70. The van der Waals surface area contributed by atoms with Gasteiger partial charge in [0.2, 0.25) is 11.7 Å². The van der Waals surface area contributed by atoms with Crippen LogP contribution in [-0.2, 0) is 12.3 Å². The molecule has 30 heavy (non-hydrogen) atoms. The van der Waals surface area contributed by atoms with Gasteiger partial charge in [-0.15, -0.1) is 11.8 Å². The van der Waals surface area contributed by atoms with E-state index in [1.165, 1.54) is 10.5 Å². The van der Waals surface area contributed by atoms with E-state index in [1.807, 2.05) is 72.8 Å². The minimum absolute atomic E-state index is 0.0864. The molecule has 3 aromatic carbocycles. The van der Waals surface area contributed by atoms with Gasteiger partial charge in [0, 0.05) is 28.8 Å². The van der Waals surface area contributed by atoms with Crippen molar-refractivity contribution in [3.63, 3.8) is 0 Å². The van der Waals surface area contributed by atoms with Crippen molar-refractivity contribution in [1.82, 2.24) is 15.0 Å². The highest BCUT2D eigenvalue weighted by molar-refractivity contribution is 7.98. The molecule has 0 saturated heterocycles. The smallest absolute Gasteiger partial charge is 0.254 e. The lowest BCUT2D eigenvalue weighted by molar-refractivity contribution is 0.0769. The molecule has 1 amide bonds. The Morgan fingerprint density at radius 2 is 1.60 bits per heavy atom. The van der Waals surface area contributed by atoms with Crippen LogP contribution in [0.15, 0.2) is 94.3 Å². The fraction of sp³-hybridized carbons (Fsp3) is 0.125. The Balaban J connectivity index is 1.35. The molecule has 0 unspecified atom stereocenters. The second-order valence-electron chi connectivity index (χ2n) is 6.84. The molecule has 0 radical (unpaired) electrons. The third-order valence-corrected chi connectivity index (χ3v) is 5.65. The molecule has 5 nitrogen and oxygen atoms in total. The van der Waals surface area contributed by atoms with Crippen molar-refractivity contribution in [2.45, 2.75) is 17.2 Å². The molecular weight excluding hydrogens is 394 g/mol. The Morgan fingerprint density at radius 3 is 2.30 bits per heavy atom. The second kappa shape index (κ2) is 9.41. The Morgan fingerprint density at radius 1 is 0.933 bits per heavy atom. The molecule has 0 fully saturated rings. The zero-order valence-corrected chi connectivity index (χ0v) is 17.4. The lowest BCUT2D eigenvalue weighted by Crippen LogP contribution is -2.26. The van der Waals surface area contributed by atoms with Crippen molar-refractivity contribution < 1.29 is 9.32 Å². The van der Waals surface area contributed by atoms with E-state index < -0.39 is 0 Å². The van der Waals surface area contributed by atoms with Crippen LogP contribution in [0, 0.1) is 0 Å². The largest absolute Gasteiger partial charge is 0.337 e. The van der Waals surface area contributed by atoms with Gasteiger partial charge in [-0.2, -0.15) is 4.98 Å². The first-order valence-electron chi connectivity index (χ1n) is 9.59. The molecule has 150 valence electrons. The lowest BCUT2D eigenvalue weighted by Gasteiger charge is -2.15. The van der Waals surface area contributed by atoms with Gasteiger partial charge in [-0.1, -0.05) is 65.8 Å². The molecule has 0 aliphatic carbocycles. The number of aromatic nitrogens is 2. The average molecular weight is 416 g/mol. The van der Waals surface area contributed by atoms with Gasteiger partial charge in [0.1, 0.15) is 0 Å². The predicted octanol–water partition coefficient (Wildman–Crippen LogP) is 5.30. The normalized spacial score (nSPS) is 10.7. The van der Waals surface area contributed by atoms with Gasteiger partial charge in [0.15, 0.2) is 0 Å². The van der Waals surface area contributed by atoms with Gasteiger partial charge in [-0.05, 0) is 29.8 Å². The minimum Gasteiger partial charge on any atom is -0.337 e. The fourth-order valence-electron chi connectivity index (χ4n) is 2.95. The molecule has 1 heterocycles. The van der Waals surface area contributed by atoms with Crippen LogP contribution in [0.2, 0.25) is 0 Å². The van der Waals surface area contributed by atoms with Gasteiger partial charge in [0.05, 0.1) is 6.54 Å². The molecule has 4 aromatic rings. The van der Waals surface area contributed by atoms with Crippen LogP contribution >= 0.6 is 11.8 Å². The van der Waals surface area contributed by atoms with E-state index >= 15 is 0 Å². The van der Waals surface area contributed by atoms with Crippen LogP contribution in [-0.4, -0.2) is 28.0 Å². The number of hydrogen-bond acceptors (Lipinski definition) is 5. The summed E-state index contributed by atoms with van der Waals surface area (Å²) in [5.41, 5.74) is 2.69. The Bertz CT molecular complexity index is 1100. The number of carbonyl (C=O) groups excluding carboxylic acids is 1. The quantitative estimate of drug-likeness (QED) is 0.383. The summed E-state index contributed by atoms with van der Waals surface area (Å²) in [7, 11) is 1.73. The molecule has 0 N–H and O–H groups in total. The van der Waals surface area contributed by atoms with E-state index in [0.29, 0.717) is 17.3 Å². The molecule has 0 atom stereocenters. The summed E-state index contributed by atoms with van der Waals surface area (Å²) in [6, 6.07) is 27.6. The van der Waals surface area contributed by atoms with E-state index in [2.05, 4.69) is 22.3 Å². The van der Waals surface area contributed by atoms with Crippen LogP contribution in [0.1, 0.15) is 21.8 Å². The summed E-state index contributed by atoms with van der Waals surface area (Å²) in [5, 5.41) is 4.00. The highest BCUT2D eigenvalue weighted by Gasteiger charge is 2.16. The summed E-state index contributed by atoms with van der Waals surface area (Å²) in [6.45, 7) is 0.254. The van der Waals surface area contributed by atoms with E-state index in [4.69, 9.17) is 4.52 Å². The average Bonchev–Trinajstić information content (AvgIpc) is 3.27. The van der Waals surface area contributed by atoms with Gasteiger partial charge in [-0.3, -0.25) is 4.79 Å². The number of amides is 1. The van der Waals surface area contributed by atoms with E-state index in [0.717, 1.165) is 11.3 Å². The first kappa shape index (κ1) is 19.9. The third-order valence-electron chi connectivity index (χ3n) is 4.57. The first-order chi connectivity index (χ1) is 14.7. The monoisotopic (exact) mass is 415 g/mol. The summed E-state index contributed by atoms with van der Waals surface area (Å²) < 4.78 is 5.31. The van der Waals surface area contributed by atoms with Crippen LogP contribution < -0.4 is 0 Å². The molecule has 6 heteroatoms. The highest BCUT2D eigenvalue weighted by atomic mass is 32.2. The number of carbonyl (C=O) groups is 1. The maximum absolute atomic E-state index is 12.7. The zero-order valence-electron chi connectivity index (χ0n) is 16.6. The maximum atomic E-state index is 12.7. The molecule has 0 aliphatic heterocycles. The summed E-state index contributed by atoms with van der Waals surface area (Å²) in [4.78, 5) is 19.9. The van der Waals surface area contributed by atoms with Gasteiger partial charge in [0.25, 0.3) is 5.91 Å². The van der Waals surface area contributed by atoms with Crippen molar-refractivity contribution in [2.75, 3.05) is 7.05 Å². The highest BCUT2D eigenvalue weighted by Crippen LogP contribution is 2.22. The lowest BCUT2D eigenvalue weighted by atomic mass is 10.1. The van der Waals surface area contributed by atoms with Crippen LogP contribution in [0.25, 0.3) is 11.4 Å². The standard InChI is InChI=1S/C24H21N3O2S/c1-27(16-22-25-23(26-29-22)19-8-4-2-5-9-19)24(28)20-14-12-18(13-15-20)17-30-21-10-6-3-7-11-21/h2-15H,16-17H2,1H3. The minimum atomic E-state index is -0.0864. The van der Waals surface area contributed by atoms with Gasteiger partial charge < -0.3 is 9.42 Å². The van der Waals surface area contributed by atoms with Crippen molar-refractivity contribution >= 4 is 17.7 Å². The molecular formula is C24H21N3O2S. The molecule has 4 rings (SSSR count). The predicted molar refractivity (Wildman–Crippen MR) is 118 cm³/mol. The first-order valence-corrected chi connectivity index (χ1v) is 10.6. The Kier molecular flexibility index (Phi) is 6.25. The number of thioether (sulfide) groups is 1. The number of nitrogens with zero attached hydrogens (tertiary/aromatic N) is 3. The molecule has 0 spiro atoms. The molecule has 0 saturated carbocycles. The molecule has 1 aromatic heterocycles. The van der Waals surface area contributed by atoms with Crippen LogP contribution in [0.3, 0.4) is 0 Å². The fourth-order valence-corrected chi connectivity index (χ4v) is 3.82. The van der Waals surface area contributed by atoms with Gasteiger partial charge >= 0.3 is 0 Å². The SMILES string of the molecule is CN(Cc1nc(-c2ccccc2)no1)C(=O)c1ccc(CSc2ccccc2)cc1. The molecule has 0 aliphatic rings. The summed E-state index contributed by atoms with van der Waals surface area (Å²) in [6.07, 6.45) is 0. The van der Waals surface area contributed by atoms with Crippen molar-refractivity contribution in [3.05, 3.63) is 102 Å². The Hall–Kier alpha value is -3.38. The van der Waals surface area contributed by atoms with Crippen molar-refractivity contribution in [2.24, 2.45) is 0 Å². The zero-order chi connectivity index (χ0) is 20.8. The van der Waals surface area contributed by atoms with E-state index in [9.17, 15) is 4.79 Å². The number of benzene rings is 3. The number of rotatable bonds is 7. The van der Waals surface area contributed by atoms with Crippen molar-refractivity contribution in [1.29, 1.82) is 0 Å². The van der Waals surface area contributed by atoms with E-state index in [1.54, 1.807) is 23.7 Å². The Labute approximate surface area is 179 Å².